The molecular weight excluding hydrogens is 416 g/mol. The number of ether oxygens (including phenoxy) is 2. The zero-order chi connectivity index (χ0) is 22.4. The van der Waals surface area contributed by atoms with Gasteiger partial charge in [0.1, 0.15) is 11.5 Å². The second kappa shape index (κ2) is 10.2. The van der Waals surface area contributed by atoms with E-state index >= 15 is 0 Å². The standard InChI is InChI=1S/C23H30N2O5S/c1-4-14-30-22-15-17(2)7-12-21(22)24-23(26)18-6-5-13-25(16-18)31(27,28)20-10-8-19(29-3)9-11-20/h7-12,15,18H,4-6,13-14,16H2,1-3H3,(H,24,26). The second-order valence-electron chi connectivity index (χ2n) is 7.72. The van der Waals surface area contributed by atoms with Crippen molar-refractivity contribution < 1.29 is 22.7 Å². The van der Waals surface area contributed by atoms with Gasteiger partial charge in [-0.15, -0.1) is 0 Å². The Morgan fingerprint density at radius 1 is 1.19 bits per heavy atom. The van der Waals surface area contributed by atoms with Crippen molar-refractivity contribution in [1.29, 1.82) is 0 Å². The van der Waals surface area contributed by atoms with Crippen molar-refractivity contribution >= 4 is 21.6 Å². The molecular formula is C23H30N2O5S. The van der Waals surface area contributed by atoms with Crippen LogP contribution in [-0.2, 0) is 14.8 Å². The highest BCUT2D eigenvalue weighted by Crippen LogP contribution is 2.29. The van der Waals surface area contributed by atoms with E-state index in [1.165, 1.54) is 23.5 Å². The highest BCUT2D eigenvalue weighted by atomic mass is 32.2. The van der Waals surface area contributed by atoms with E-state index in [1.54, 1.807) is 12.1 Å². The molecule has 1 unspecified atom stereocenters. The van der Waals surface area contributed by atoms with E-state index < -0.39 is 15.9 Å². The van der Waals surface area contributed by atoms with Crippen molar-refractivity contribution in [2.24, 2.45) is 5.92 Å². The van der Waals surface area contributed by atoms with Crippen molar-refractivity contribution in [2.75, 3.05) is 32.1 Å². The smallest absolute Gasteiger partial charge is 0.243 e. The van der Waals surface area contributed by atoms with Crippen LogP contribution in [0.5, 0.6) is 11.5 Å². The molecule has 0 bridgehead atoms. The maximum Gasteiger partial charge on any atom is 0.243 e. The quantitative estimate of drug-likeness (QED) is 0.666. The van der Waals surface area contributed by atoms with Gasteiger partial charge in [0.05, 0.1) is 30.2 Å². The average Bonchev–Trinajstić information content (AvgIpc) is 2.79. The first-order valence-corrected chi connectivity index (χ1v) is 12.0. The molecule has 8 heteroatoms. The Morgan fingerprint density at radius 3 is 2.61 bits per heavy atom. The third-order valence-electron chi connectivity index (χ3n) is 5.31. The van der Waals surface area contributed by atoms with Gasteiger partial charge in [-0.2, -0.15) is 4.31 Å². The maximum atomic E-state index is 13.1. The van der Waals surface area contributed by atoms with Gasteiger partial charge in [-0.05, 0) is 68.1 Å². The van der Waals surface area contributed by atoms with Gasteiger partial charge in [-0.25, -0.2) is 8.42 Å². The number of amides is 1. The molecule has 168 valence electrons. The largest absolute Gasteiger partial charge is 0.497 e. The van der Waals surface area contributed by atoms with E-state index in [1.807, 2.05) is 32.0 Å². The Kier molecular flexibility index (Phi) is 7.56. The molecule has 1 N–H and O–H groups in total. The molecule has 1 heterocycles. The van der Waals surface area contributed by atoms with Crippen LogP contribution in [0.15, 0.2) is 47.4 Å². The molecule has 7 nitrogen and oxygen atoms in total. The lowest BCUT2D eigenvalue weighted by atomic mass is 9.98. The Morgan fingerprint density at radius 2 is 1.94 bits per heavy atom. The number of rotatable bonds is 8. The highest BCUT2D eigenvalue weighted by Gasteiger charge is 2.33. The molecule has 1 saturated heterocycles. The predicted molar refractivity (Wildman–Crippen MR) is 120 cm³/mol. The molecule has 31 heavy (non-hydrogen) atoms. The highest BCUT2D eigenvalue weighted by molar-refractivity contribution is 7.89. The summed E-state index contributed by atoms with van der Waals surface area (Å²) in [6, 6.07) is 11.9. The molecule has 0 spiro atoms. The summed E-state index contributed by atoms with van der Waals surface area (Å²) in [5.74, 6) is 0.602. The van der Waals surface area contributed by atoms with E-state index in [9.17, 15) is 13.2 Å². The molecule has 1 atom stereocenters. The monoisotopic (exact) mass is 446 g/mol. The third-order valence-corrected chi connectivity index (χ3v) is 7.19. The molecule has 1 amide bonds. The topological polar surface area (TPSA) is 84.9 Å². The SMILES string of the molecule is CCCOc1cc(C)ccc1NC(=O)C1CCCN(S(=O)(=O)c2ccc(OC)cc2)C1. The summed E-state index contributed by atoms with van der Waals surface area (Å²) in [5.41, 5.74) is 1.65. The number of piperidine rings is 1. The summed E-state index contributed by atoms with van der Waals surface area (Å²) < 4.78 is 38.4. The van der Waals surface area contributed by atoms with E-state index in [2.05, 4.69) is 5.32 Å². The van der Waals surface area contributed by atoms with Crippen molar-refractivity contribution in [3.63, 3.8) is 0 Å². The van der Waals surface area contributed by atoms with E-state index in [0.29, 0.717) is 43.2 Å². The minimum absolute atomic E-state index is 0.150. The van der Waals surface area contributed by atoms with Crippen molar-refractivity contribution in [1.82, 2.24) is 4.31 Å². The number of sulfonamides is 1. The Labute approximate surface area is 184 Å². The Hall–Kier alpha value is -2.58. The fourth-order valence-electron chi connectivity index (χ4n) is 3.57. The zero-order valence-corrected chi connectivity index (χ0v) is 19.1. The minimum Gasteiger partial charge on any atom is -0.497 e. The number of nitrogens with zero attached hydrogens (tertiary/aromatic N) is 1. The number of hydrogen-bond donors (Lipinski definition) is 1. The molecule has 0 aliphatic carbocycles. The molecule has 2 aromatic rings. The lowest BCUT2D eigenvalue weighted by molar-refractivity contribution is -0.120. The fourth-order valence-corrected chi connectivity index (χ4v) is 5.09. The number of anilines is 1. The van der Waals surface area contributed by atoms with Crippen LogP contribution in [-0.4, -0.2) is 45.4 Å². The summed E-state index contributed by atoms with van der Waals surface area (Å²) in [5, 5.41) is 2.94. The minimum atomic E-state index is -3.68. The number of hydrogen-bond acceptors (Lipinski definition) is 5. The number of carbonyl (C=O) groups is 1. The summed E-state index contributed by atoms with van der Waals surface area (Å²) in [7, 11) is -2.15. The van der Waals surface area contributed by atoms with Crippen LogP contribution in [0.2, 0.25) is 0 Å². The summed E-state index contributed by atoms with van der Waals surface area (Å²) in [4.78, 5) is 13.2. The number of carbonyl (C=O) groups excluding carboxylic acids is 1. The van der Waals surface area contributed by atoms with E-state index in [0.717, 1.165) is 12.0 Å². The van der Waals surface area contributed by atoms with E-state index in [4.69, 9.17) is 9.47 Å². The number of methoxy groups -OCH3 is 1. The normalized spacial score (nSPS) is 17.2. The van der Waals surface area contributed by atoms with Crippen molar-refractivity contribution in [2.45, 2.75) is 38.0 Å². The van der Waals surface area contributed by atoms with E-state index in [-0.39, 0.29) is 17.3 Å². The molecule has 0 saturated carbocycles. The lowest BCUT2D eigenvalue weighted by Crippen LogP contribution is -2.43. The van der Waals surface area contributed by atoms with Crippen molar-refractivity contribution in [3.05, 3.63) is 48.0 Å². The van der Waals surface area contributed by atoms with Gasteiger partial charge >= 0.3 is 0 Å². The molecule has 2 aromatic carbocycles. The van der Waals surface area contributed by atoms with Gasteiger partial charge in [0.2, 0.25) is 15.9 Å². The molecule has 0 aromatic heterocycles. The van der Waals surface area contributed by atoms with Gasteiger partial charge in [0.25, 0.3) is 0 Å². The van der Waals surface area contributed by atoms with Gasteiger partial charge in [0.15, 0.2) is 0 Å². The zero-order valence-electron chi connectivity index (χ0n) is 18.3. The van der Waals surface area contributed by atoms with Crippen molar-refractivity contribution in [3.8, 4) is 11.5 Å². The van der Waals surface area contributed by atoms with Crippen LogP contribution < -0.4 is 14.8 Å². The number of nitrogens with one attached hydrogen (secondary N) is 1. The number of aryl methyl sites for hydroxylation is 1. The van der Waals surface area contributed by atoms with Crippen LogP contribution in [0.3, 0.4) is 0 Å². The average molecular weight is 447 g/mol. The number of benzene rings is 2. The third kappa shape index (κ3) is 5.57. The van der Waals surface area contributed by atoms with Crippen LogP contribution >= 0.6 is 0 Å². The fraction of sp³-hybridized carbons (Fsp3) is 0.435. The summed E-state index contributed by atoms with van der Waals surface area (Å²) >= 11 is 0. The summed E-state index contributed by atoms with van der Waals surface area (Å²) in [6.07, 6.45) is 2.13. The second-order valence-corrected chi connectivity index (χ2v) is 9.65. The van der Waals surface area contributed by atoms with Gasteiger partial charge in [0, 0.05) is 13.1 Å². The Balaban J connectivity index is 1.72. The van der Waals surface area contributed by atoms with Gasteiger partial charge < -0.3 is 14.8 Å². The van der Waals surface area contributed by atoms with Crippen LogP contribution in [0.25, 0.3) is 0 Å². The van der Waals surface area contributed by atoms with Gasteiger partial charge in [-0.3, -0.25) is 4.79 Å². The first kappa shape index (κ1) is 23.1. The van der Waals surface area contributed by atoms with Crippen LogP contribution in [0.1, 0.15) is 31.7 Å². The summed E-state index contributed by atoms with van der Waals surface area (Å²) in [6.45, 7) is 5.09. The first-order chi connectivity index (χ1) is 14.8. The first-order valence-electron chi connectivity index (χ1n) is 10.5. The molecule has 1 fully saturated rings. The molecule has 1 aliphatic rings. The predicted octanol–water partition coefficient (Wildman–Crippen LogP) is 3.83. The van der Waals surface area contributed by atoms with Crippen LogP contribution in [0.4, 0.5) is 5.69 Å². The molecule has 3 rings (SSSR count). The van der Waals surface area contributed by atoms with Gasteiger partial charge in [-0.1, -0.05) is 13.0 Å². The lowest BCUT2D eigenvalue weighted by Gasteiger charge is -2.31. The molecule has 0 radical (unpaired) electrons. The van der Waals surface area contributed by atoms with Crippen LogP contribution in [0, 0.1) is 12.8 Å². The molecule has 1 aliphatic heterocycles. The maximum absolute atomic E-state index is 13.1. The Bertz CT molecular complexity index is 1010.